The van der Waals surface area contributed by atoms with E-state index in [9.17, 15) is 0 Å². The van der Waals surface area contributed by atoms with Crippen molar-refractivity contribution in [2.24, 2.45) is 12.8 Å². The number of aromatic nitrogens is 2. The van der Waals surface area contributed by atoms with Gasteiger partial charge in [-0.05, 0) is 23.8 Å². The van der Waals surface area contributed by atoms with Crippen molar-refractivity contribution in [3.8, 4) is 5.75 Å². The topological polar surface area (TPSA) is 53.1 Å². The second-order valence-electron chi connectivity index (χ2n) is 3.76. The third-order valence-electron chi connectivity index (χ3n) is 2.67. The van der Waals surface area contributed by atoms with Crippen molar-refractivity contribution in [2.45, 2.75) is 6.04 Å². The van der Waals surface area contributed by atoms with Crippen LogP contribution in [0.3, 0.4) is 0 Å². The fourth-order valence-electron chi connectivity index (χ4n) is 1.70. The standard InChI is InChI=1S/C12H14BrN3O/c1-16-6-5-15-12(16)11(14)9-7-8(17-2)3-4-10(9)13/h3-7,11H,14H2,1-2H3. The van der Waals surface area contributed by atoms with Crippen LogP contribution in [0.25, 0.3) is 0 Å². The highest BCUT2D eigenvalue weighted by Gasteiger charge is 2.16. The second kappa shape index (κ2) is 4.89. The number of benzene rings is 1. The van der Waals surface area contributed by atoms with Crippen molar-refractivity contribution < 1.29 is 4.74 Å². The molecular weight excluding hydrogens is 282 g/mol. The van der Waals surface area contributed by atoms with Crippen molar-refractivity contribution in [3.63, 3.8) is 0 Å². The summed E-state index contributed by atoms with van der Waals surface area (Å²) in [5.74, 6) is 1.60. The molecule has 0 radical (unpaired) electrons. The molecule has 2 rings (SSSR count). The molecule has 0 aliphatic heterocycles. The summed E-state index contributed by atoms with van der Waals surface area (Å²) in [5.41, 5.74) is 7.17. The zero-order chi connectivity index (χ0) is 12.4. The Morgan fingerprint density at radius 2 is 2.24 bits per heavy atom. The van der Waals surface area contributed by atoms with Gasteiger partial charge >= 0.3 is 0 Å². The molecule has 1 aromatic heterocycles. The maximum atomic E-state index is 6.22. The highest BCUT2D eigenvalue weighted by atomic mass is 79.9. The predicted molar refractivity (Wildman–Crippen MR) is 69.9 cm³/mol. The molecular formula is C12H14BrN3O. The number of hydrogen-bond donors (Lipinski definition) is 1. The van der Waals surface area contributed by atoms with Gasteiger partial charge in [0.15, 0.2) is 0 Å². The van der Waals surface area contributed by atoms with E-state index in [1.807, 2.05) is 36.0 Å². The van der Waals surface area contributed by atoms with Crippen molar-refractivity contribution in [1.29, 1.82) is 0 Å². The molecule has 2 aromatic rings. The summed E-state index contributed by atoms with van der Waals surface area (Å²) in [6, 6.07) is 5.46. The first kappa shape index (κ1) is 12.1. The minimum atomic E-state index is -0.278. The average Bonchev–Trinajstić information content (AvgIpc) is 2.75. The molecule has 5 heteroatoms. The maximum absolute atomic E-state index is 6.22. The summed E-state index contributed by atoms with van der Waals surface area (Å²) in [7, 11) is 3.57. The number of ether oxygens (including phenoxy) is 1. The van der Waals surface area contributed by atoms with Gasteiger partial charge in [-0.3, -0.25) is 0 Å². The Morgan fingerprint density at radius 3 is 2.82 bits per heavy atom. The first-order chi connectivity index (χ1) is 8.13. The van der Waals surface area contributed by atoms with E-state index < -0.39 is 0 Å². The zero-order valence-corrected chi connectivity index (χ0v) is 11.3. The van der Waals surface area contributed by atoms with Crippen LogP contribution >= 0.6 is 15.9 Å². The number of methoxy groups -OCH3 is 1. The minimum Gasteiger partial charge on any atom is -0.497 e. The normalized spacial score (nSPS) is 12.5. The van der Waals surface area contributed by atoms with Crippen molar-refractivity contribution in [1.82, 2.24) is 9.55 Å². The monoisotopic (exact) mass is 295 g/mol. The van der Waals surface area contributed by atoms with Crippen LogP contribution in [0.5, 0.6) is 5.75 Å². The summed E-state index contributed by atoms with van der Waals surface area (Å²) in [5, 5.41) is 0. The van der Waals surface area contributed by atoms with Crippen LogP contribution in [0.1, 0.15) is 17.4 Å². The third-order valence-corrected chi connectivity index (χ3v) is 3.40. The van der Waals surface area contributed by atoms with Crippen molar-refractivity contribution in [3.05, 3.63) is 46.5 Å². The van der Waals surface area contributed by atoms with E-state index in [1.54, 1.807) is 13.3 Å². The number of halogens is 1. The zero-order valence-electron chi connectivity index (χ0n) is 9.72. The quantitative estimate of drug-likeness (QED) is 0.945. The molecule has 1 aromatic carbocycles. The van der Waals surface area contributed by atoms with E-state index in [1.165, 1.54) is 0 Å². The van der Waals surface area contributed by atoms with E-state index in [4.69, 9.17) is 10.5 Å². The fraction of sp³-hybridized carbons (Fsp3) is 0.250. The number of hydrogen-bond acceptors (Lipinski definition) is 3. The summed E-state index contributed by atoms with van der Waals surface area (Å²) >= 11 is 3.50. The van der Waals surface area contributed by atoms with Crippen LogP contribution in [-0.4, -0.2) is 16.7 Å². The van der Waals surface area contributed by atoms with Gasteiger partial charge in [-0.25, -0.2) is 4.98 Å². The molecule has 0 aliphatic rings. The Labute approximate surface area is 109 Å². The molecule has 0 bridgehead atoms. The summed E-state index contributed by atoms with van der Waals surface area (Å²) in [6.45, 7) is 0. The molecule has 17 heavy (non-hydrogen) atoms. The highest BCUT2D eigenvalue weighted by Crippen LogP contribution is 2.29. The number of nitrogens with zero attached hydrogens (tertiary/aromatic N) is 2. The third kappa shape index (κ3) is 2.35. The molecule has 0 saturated heterocycles. The Bertz CT molecular complexity index is 524. The lowest BCUT2D eigenvalue weighted by Gasteiger charge is -2.14. The first-order valence-electron chi connectivity index (χ1n) is 5.19. The van der Waals surface area contributed by atoms with E-state index >= 15 is 0 Å². The molecule has 1 heterocycles. The molecule has 0 saturated carbocycles. The lowest BCUT2D eigenvalue weighted by atomic mass is 10.1. The Hall–Kier alpha value is -1.33. The lowest BCUT2D eigenvalue weighted by Crippen LogP contribution is -2.17. The van der Waals surface area contributed by atoms with Crippen LogP contribution in [0.4, 0.5) is 0 Å². The van der Waals surface area contributed by atoms with Gasteiger partial charge in [0, 0.05) is 23.9 Å². The van der Waals surface area contributed by atoms with Gasteiger partial charge in [-0.2, -0.15) is 0 Å². The van der Waals surface area contributed by atoms with E-state index in [0.29, 0.717) is 0 Å². The Balaban J connectivity index is 2.43. The van der Waals surface area contributed by atoms with Gasteiger partial charge < -0.3 is 15.0 Å². The molecule has 0 amide bonds. The summed E-state index contributed by atoms with van der Waals surface area (Å²) in [6.07, 6.45) is 3.62. The maximum Gasteiger partial charge on any atom is 0.130 e. The van der Waals surface area contributed by atoms with Gasteiger partial charge in [-0.1, -0.05) is 15.9 Å². The smallest absolute Gasteiger partial charge is 0.130 e. The number of aryl methyl sites for hydroxylation is 1. The number of rotatable bonds is 3. The molecule has 4 nitrogen and oxygen atoms in total. The van der Waals surface area contributed by atoms with Gasteiger partial charge in [-0.15, -0.1) is 0 Å². The van der Waals surface area contributed by atoms with Crippen LogP contribution in [0, 0.1) is 0 Å². The van der Waals surface area contributed by atoms with Crippen LogP contribution in [0.2, 0.25) is 0 Å². The fourth-order valence-corrected chi connectivity index (χ4v) is 2.20. The first-order valence-corrected chi connectivity index (χ1v) is 5.99. The molecule has 0 spiro atoms. The van der Waals surface area contributed by atoms with Crippen LogP contribution in [0.15, 0.2) is 35.1 Å². The molecule has 1 unspecified atom stereocenters. The predicted octanol–water partition coefficient (Wildman–Crippen LogP) is 2.24. The molecule has 90 valence electrons. The lowest BCUT2D eigenvalue weighted by molar-refractivity contribution is 0.414. The number of imidazole rings is 1. The van der Waals surface area contributed by atoms with Gasteiger partial charge in [0.2, 0.25) is 0 Å². The van der Waals surface area contributed by atoms with Gasteiger partial charge in [0.25, 0.3) is 0 Å². The number of nitrogens with two attached hydrogens (primary N) is 1. The molecule has 0 aliphatic carbocycles. The van der Waals surface area contributed by atoms with Gasteiger partial charge in [0.1, 0.15) is 11.6 Å². The largest absolute Gasteiger partial charge is 0.497 e. The van der Waals surface area contributed by atoms with Crippen LogP contribution < -0.4 is 10.5 Å². The van der Waals surface area contributed by atoms with Crippen molar-refractivity contribution in [2.75, 3.05) is 7.11 Å². The SMILES string of the molecule is COc1ccc(Br)c(C(N)c2nccn2C)c1. The van der Waals surface area contributed by atoms with E-state index in [0.717, 1.165) is 21.6 Å². The van der Waals surface area contributed by atoms with E-state index in [-0.39, 0.29) is 6.04 Å². The van der Waals surface area contributed by atoms with Crippen LogP contribution in [-0.2, 0) is 7.05 Å². The summed E-state index contributed by atoms with van der Waals surface area (Å²) < 4.78 is 8.07. The second-order valence-corrected chi connectivity index (χ2v) is 4.62. The highest BCUT2D eigenvalue weighted by molar-refractivity contribution is 9.10. The van der Waals surface area contributed by atoms with E-state index in [2.05, 4.69) is 20.9 Å². The Morgan fingerprint density at radius 1 is 1.47 bits per heavy atom. The Kier molecular flexibility index (Phi) is 3.49. The molecule has 0 fully saturated rings. The summed E-state index contributed by atoms with van der Waals surface area (Å²) in [4.78, 5) is 4.26. The average molecular weight is 296 g/mol. The van der Waals surface area contributed by atoms with Crippen molar-refractivity contribution >= 4 is 15.9 Å². The van der Waals surface area contributed by atoms with Gasteiger partial charge in [0.05, 0.1) is 13.2 Å². The molecule has 1 atom stereocenters. The minimum absolute atomic E-state index is 0.278. The molecule has 2 N–H and O–H groups in total.